The number of ether oxygens (including phenoxy) is 2. The zero-order chi connectivity index (χ0) is 29.1. The third kappa shape index (κ3) is 5.19. The van der Waals surface area contributed by atoms with E-state index < -0.39 is 29.9 Å². The number of para-hydroxylation sites is 1. The van der Waals surface area contributed by atoms with Gasteiger partial charge in [-0.05, 0) is 46.5 Å². The number of nitrogens with zero attached hydrogens (tertiary/aromatic N) is 1. The highest BCUT2D eigenvalue weighted by atomic mass is 16.7. The average molecular weight is 563 g/mol. The van der Waals surface area contributed by atoms with Gasteiger partial charge >= 0.3 is 12.1 Å². The number of fused-ring (bicyclic) bond motifs is 4. The summed E-state index contributed by atoms with van der Waals surface area (Å²) in [6, 6.07) is 29.7. The SMILES string of the molecule is O=C(N[C@@H](CCOc1ccccc1)C(=O)ON1C(=O)c2ccccc2C1=O)OCC1c2ccccc2-c2ccccc21. The number of hydrogen-bond donors (Lipinski definition) is 1. The van der Waals surface area contributed by atoms with Crippen molar-refractivity contribution in [3.05, 3.63) is 125 Å². The molecule has 2 aliphatic rings. The van der Waals surface area contributed by atoms with Crippen LogP contribution in [-0.2, 0) is 14.4 Å². The molecule has 42 heavy (non-hydrogen) atoms. The molecule has 0 unspecified atom stereocenters. The van der Waals surface area contributed by atoms with E-state index in [9.17, 15) is 19.2 Å². The molecule has 1 aliphatic carbocycles. The van der Waals surface area contributed by atoms with Crippen molar-refractivity contribution < 1.29 is 33.5 Å². The molecular weight excluding hydrogens is 536 g/mol. The van der Waals surface area contributed by atoms with E-state index in [0.29, 0.717) is 10.8 Å². The minimum atomic E-state index is -1.27. The Bertz CT molecular complexity index is 1590. The maximum atomic E-state index is 13.2. The summed E-state index contributed by atoms with van der Waals surface area (Å²) in [5.74, 6) is -2.12. The number of hydroxylamine groups is 2. The van der Waals surface area contributed by atoms with Crippen LogP contribution in [0.25, 0.3) is 11.1 Å². The fourth-order valence-electron chi connectivity index (χ4n) is 5.25. The standard InChI is InChI=1S/C33H26N2O7/c36-30-26-16-8-9-17-27(26)31(37)35(30)42-32(38)29(18-19-40-21-10-2-1-3-11-21)34-33(39)41-20-28-24-14-6-4-12-22(24)23-13-5-7-15-25(23)28/h1-17,28-29H,18-20H2,(H,34,39)/t29-/m0/s1. The van der Waals surface area contributed by atoms with Gasteiger partial charge in [0.1, 0.15) is 18.4 Å². The Labute approximate surface area is 241 Å². The first-order valence-corrected chi connectivity index (χ1v) is 13.5. The van der Waals surface area contributed by atoms with Crippen LogP contribution in [0, 0.1) is 0 Å². The van der Waals surface area contributed by atoms with Crippen LogP contribution in [0.4, 0.5) is 4.79 Å². The van der Waals surface area contributed by atoms with E-state index in [1.807, 2.05) is 54.6 Å². The zero-order valence-corrected chi connectivity index (χ0v) is 22.4. The van der Waals surface area contributed by atoms with Crippen molar-refractivity contribution in [1.82, 2.24) is 10.4 Å². The van der Waals surface area contributed by atoms with Gasteiger partial charge < -0.3 is 19.6 Å². The first-order valence-electron chi connectivity index (χ1n) is 13.5. The molecule has 0 radical (unpaired) electrons. The molecule has 1 aliphatic heterocycles. The molecule has 0 spiro atoms. The molecular formula is C33H26N2O7. The van der Waals surface area contributed by atoms with E-state index in [1.165, 1.54) is 12.1 Å². The van der Waals surface area contributed by atoms with Crippen LogP contribution in [0.15, 0.2) is 103 Å². The van der Waals surface area contributed by atoms with Gasteiger partial charge in [-0.1, -0.05) is 83.9 Å². The molecule has 0 fully saturated rings. The first kappa shape index (κ1) is 26.8. The van der Waals surface area contributed by atoms with Gasteiger partial charge in [0, 0.05) is 12.3 Å². The van der Waals surface area contributed by atoms with Crippen LogP contribution in [0.2, 0.25) is 0 Å². The normalized spacial score (nSPS) is 14.0. The number of imide groups is 1. The Kier molecular flexibility index (Phi) is 7.38. The minimum absolute atomic E-state index is 0.0128. The number of amides is 3. The van der Waals surface area contributed by atoms with Crippen LogP contribution in [0.1, 0.15) is 44.2 Å². The lowest BCUT2D eigenvalue weighted by molar-refractivity contribution is -0.171. The molecule has 6 rings (SSSR count). The Hall–Kier alpha value is -5.44. The van der Waals surface area contributed by atoms with Gasteiger partial charge in [-0.3, -0.25) is 9.59 Å². The van der Waals surface area contributed by atoms with Crippen LogP contribution in [0.3, 0.4) is 0 Å². The average Bonchev–Trinajstić information content (AvgIpc) is 3.47. The largest absolute Gasteiger partial charge is 0.494 e. The number of carbonyl (C=O) groups is 4. The Balaban J connectivity index is 1.14. The molecule has 210 valence electrons. The number of alkyl carbamates (subject to hydrolysis) is 1. The van der Waals surface area contributed by atoms with Crippen molar-refractivity contribution in [2.45, 2.75) is 18.4 Å². The van der Waals surface area contributed by atoms with Crippen molar-refractivity contribution >= 4 is 23.9 Å². The van der Waals surface area contributed by atoms with Crippen molar-refractivity contribution in [1.29, 1.82) is 0 Å². The molecule has 4 aromatic rings. The van der Waals surface area contributed by atoms with Gasteiger partial charge in [-0.2, -0.15) is 0 Å². The summed E-state index contributed by atoms with van der Waals surface area (Å²) in [5.41, 5.74) is 4.52. The summed E-state index contributed by atoms with van der Waals surface area (Å²) in [7, 11) is 0. The van der Waals surface area contributed by atoms with Crippen LogP contribution in [0.5, 0.6) is 5.75 Å². The number of rotatable bonds is 9. The van der Waals surface area contributed by atoms with Gasteiger partial charge in [0.15, 0.2) is 0 Å². The number of hydrogen-bond acceptors (Lipinski definition) is 7. The maximum Gasteiger partial charge on any atom is 0.407 e. The highest BCUT2D eigenvalue weighted by molar-refractivity contribution is 6.21. The molecule has 9 nitrogen and oxygen atoms in total. The van der Waals surface area contributed by atoms with E-state index in [4.69, 9.17) is 14.3 Å². The van der Waals surface area contributed by atoms with Gasteiger partial charge in [-0.25, -0.2) is 9.59 Å². The topological polar surface area (TPSA) is 111 Å². The minimum Gasteiger partial charge on any atom is -0.494 e. The van der Waals surface area contributed by atoms with Crippen molar-refractivity contribution in [3.63, 3.8) is 0 Å². The third-order valence-electron chi connectivity index (χ3n) is 7.28. The van der Waals surface area contributed by atoms with Crippen molar-refractivity contribution in [2.24, 2.45) is 0 Å². The van der Waals surface area contributed by atoms with Crippen LogP contribution >= 0.6 is 0 Å². The quantitative estimate of drug-likeness (QED) is 0.282. The Morgan fingerprint density at radius 1 is 0.714 bits per heavy atom. The third-order valence-corrected chi connectivity index (χ3v) is 7.28. The smallest absolute Gasteiger partial charge is 0.407 e. The molecule has 1 atom stereocenters. The maximum absolute atomic E-state index is 13.2. The Morgan fingerprint density at radius 3 is 1.83 bits per heavy atom. The van der Waals surface area contributed by atoms with E-state index in [-0.39, 0.29) is 36.7 Å². The van der Waals surface area contributed by atoms with Crippen molar-refractivity contribution in [3.8, 4) is 16.9 Å². The molecule has 4 aromatic carbocycles. The van der Waals surface area contributed by atoms with Crippen LogP contribution in [-0.4, -0.2) is 48.2 Å². The lowest BCUT2D eigenvalue weighted by Gasteiger charge is -2.21. The lowest BCUT2D eigenvalue weighted by Crippen LogP contribution is -2.46. The molecule has 1 N–H and O–H groups in total. The summed E-state index contributed by atoms with van der Waals surface area (Å²) in [4.78, 5) is 56.9. The molecule has 0 saturated heterocycles. The van der Waals surface area contributed by atoms with Crippen LogP contribution < -0.4 is 10.1 Å². The second kappa shape index (κ2) is 11.6. The fourth-order valence-corrected chi connectivity index (χ4v) is 5.25. The van der Waals surface area contributed by atoms with Gasteiger partial charge in [-0.15, -0.1) is 0 Å². The Morgan fingerprint density at radius 2 is 1.24 bits per heavy atom. The highest BCUT2D eigenvalue weighted by Crippen LogP contribution is 2.44. The summed E-state index contributed by atoms with van der Waals surface area (Å²) >= 11 is 0. The molecule has 0 saturated carbocycles. The predicted molar refractivity (Wildman–Crippen MR) is 152 cm³/mol. The summed E-state index contributed by atoms with van der Waals surface area (Å²) in [6.45, 7) is 0.0795. The highest BCUT2D eigenvalue weighted by Gasteiger charge is 2.40. The van der Waals surface area contributed by atoms with E-state index in [0.717, 1.165) is 22.3 Å². The molecule has 1 heterocycles. The van der Waals surface area contributed by atoms with Gasteiger partial charge in [0.2, 0.25) is 0 Å². The van der Waals surface area contributed by atoms with Gasteiger partial charge in [0.05, 0.1) is 17.7 Å². The molecule has 0 bridgehead atoms. The number of benzene rings is 4. The lowest BCUT2D eigenvalue weighted by atomic mass is 9.98. The molecule has 0 aromatic heterocycles. The monoisotopic (exact) mass is 562 g/mol. The summed E-state index contributed by atoms with van der Waals surface area (Å²) < 4.78 is 11.3. The molecule has 9 heteroatoms. The van der Waals surface area contributed by atoms with E-state index >= 15 is 0 Å². The number of nitrogens with one attached hydrogen (secondary N) is 1. The van der Waals surface area contributed by atoms with E-state index in [2.05, 4.69) is 5.32 Å². The van der Waals surface area contributed by atoms with Crippen molar-refractivity contribution in [2.75, 3.05) is 13.2 Å². The summed E-state index contributed by atoms with van der Waals surface area (Å²) in [6.07, 6.45) is -0.859. The fraction of sp³-hybridized carbons (Fsp3) is 0.152. The molecule has 3 amide bonds. The van der Waals surface area contributed by atoms with Gasteiger partial charge in [0.25, 0.3) is 11.8 Å². The summed E-state index contributed by atoms with van der Waals surface area (Å²) in [5, 5.41) is 2.95. The second-order valence-electron chi connectivity index (χ2n) is 9.83. The first-order chi connectivity index (χ1) is 20.5. The second-order valence-corrected chi connectivity index (χ2v) is 9.83. The predicted octanol–water partition coefficient (Wildman–Crippen LogP) is 5.12. The zero-order valence-electron chi connectivity index (χ0n) is 22.4. The van der Waals surface area contributed by atoms with E-state index in [1.54, 1.807) is 36.4 Å². The number of carbonyl (C=O) groups excluding carboxylic acids is 4.